The normalized spacial score (nSPS) is 19.3. The van der Waals surface area contributed by atoms with Crippen LogP contribution in [-0.4, -0.2) is 46.2 Å². The molecule has 0 bridgehead atoms. The molecule has 0 unspecified atom stereocenters. The summed E-state index contributed by atoms with van der Waals surface area (Å²) in [6.07, 6.45) is 1.27. The zero-order valence-corrected chi connectivity index (χ0v) is 15.5. The lowest BCUT2D eigenvalue weighted by atomic mass is 10.0. The third-order valence-electron chi connectivity index (χ3n) is 5.09. The summed E-state index contributed by atoms with van der Waals surface area (Å²) in [7, 11) is 0. The summed E-state index contributed by atoms with van der Waals surface area (Å²) in [5, 5.41) is 18.9. The van der Waals surface area contributed by atoms with Crippen LogP contribution in [-0.2, 0) is 11.2 Å². The van der Waals surface area contributed by atoms with E-state index in [0.717, 1.165) is 24.0 Å². The second-order valence-corrected chi connectivity index (χ2v) is 7.16. The van der Waals surface area contributed by atoms with E-state index in [1.165, 1.54) is 10.5 Å². The number of aliphatic hydroxyl groups is 1. The van der Waals surface area contributed by atoms with Crippen LogP contribution in [0.4, 0.5) is 0 Å². The highest BCUT2D eigenvalue weighted by atomic mass is 16.4. The number of carboxylic acids is 1. The third-order valence-corrected chi connectivity index (χ3v) is 5.09. The Bertz CT molecular complexity index is 798. The van der Waals surface area contributed by atoms with E-state index in [1.54, 1.807) is 12.1 Å². The Hall–Kier alpha value is -2.66. The quantitative estimate of drug-likeness (QED) is 0.822. The Morgan fingerprint density at radius 3 is 2.15 bits per heavy atom. The van der Waals surface area contributed by atoms with E-state index in [9.17, 15) is 14.7 Å². The molecule has 2 atom stereocenters. The van der Waals surface area contributed by atoms with Gasteiger partial charge in [0.15, 0.2) is 0 Å². The van der Waals surface area contributed by atoms with Gasteiger partial charge in [-0.15, -0.1) is 0 Å². The summed E-state index contributed by atoms with van der Waals surface area (Å²) in [6, 6.07) is 15.9. The monoisotopic (exact) mass is 367 g/mol. The lowest BCUT2D eigenvalue weighted by Crippen LogP contribution is -2.29. The van der Waals surface area contributed by atoms with E-state index < -0.39 is 18.0 Å². The first-order chi connectivity index (χ1) is 13.0. The number of rotatable bonds is 6. The maximum Gasteiger partial charge on any atom is 0.303 e. The lowest BCUT2D eigenvalue weighted by molar-refractivity contribution is -0.138. The predicted octanol–water partition coefficient (Wildman–Crippen LogP) is 3.21. The number of nitrogens with zero attached hydrogens (tertiary/aromatic N) is 1. The van der Waals surface area contributed by atoms with E-state index in [-0.39, 0.29) is 25.4 Å². The molecule has 2 aromatic rings. The van der Waals surface area contributed by atoms with Gasteiger partial charge in [-0.05, 0) is 35.2 Å². The first kappa shape index (κ1) is 19.1. The molecule has 5 heteroatoms. The van der Waals surface area contributed by atoms with Gasteiger partial charge in [-0.1, -0.05) is 49.7 Å². The largest absolute Gasteiger partial charge is 0.481 e. The van der Waals surface area contributed by atoms with Gasteiger partial charge < -0.3 is 15.1 Å². The highest BCUT2D eigenvalue weighted by Crippen LogP contribution is 2.24. The summed E-state index contributed by atoms with van der Waals surface area (Å²) in [5.41, 5.74) is 4.01. The second kappa shape index (κ2) is 8.35. The van der Waals surface area contributed by atoms with Crippen molar-refractivity contribution in [1.82, 2.24) is 4.90 Å². The van der Waals surface area contributed by atoms with Crippen LogP contribution in [0.1, 0.15) is 35.7 Å². The molecular formula is C22H25NO4. The lowest BCUT2D eigenvalue weighted by Gasteiger charge is -2.16. The number of hydrogen-bond donors (Lipinski definition) is 2. The van der Waals surface area contributed by atoms with Gasteiger partial charge in [0.2, 0.25) is 0 Å². The fourth-order valence-corrected chi connectivity index (χ4v) is 3.59. The molecule has 0 radical (unpaired) electrons. The van der Waals surface area contributed by atoms with Crippen LogP contribution >= 0.6 is 0 Å². The SMILES string of the molecule is CCCc1ccc(-c2ccc(C(=O)N3C[C@@H](CC(=O)O)[C@H](O)C3)cc2)cc1. The minimum absolute atomic E-state index is 0.127. The Kier molecular flexibility index (Phi) is 5.91. The molecule has 1 heterocycles. The van der Waals surface area contributed by atoms with Gasteiger partial charge in [0.1, 0.15) is 0 Å². The average molecular weight is 367 g/mol. The van der Waals surface area contributed by atoms with Crippen molar-refractivity contribution in [3.05, 3.63) is 59.7 Å². The summed E-state index contributed by atoms with van der Waals surface area (Å²) in [5.74, 6) is -1.54. The van der Waals surface area contributed by atoms with E-state index in [0.29, 0.717) is 5.56 Å². The molecule has 1 aliphatic rings. The Morgan fingerprint density at radius 2 is 1.59 bits per heavy atom. The summed E-state index contributed by atoms with van der Waals surface area (Å²) in [6.45, 7) is 2.61. The van der Waals surface area contributed by atoms with Gasteiger partial charge in [0.25, 0.3) is 5.91 Å². The molecule has 1 saturated heterocycles. The second-order valence-electron chi connectivity index (χ2n) is 7.16. The number of amides is 1. The number of benzene rings is 2. The third kappa shape index (κ3) is 4.55. The smallest absolute Gasteiger partial charge is 0.303 e. The Morgan fingerprint density at radius 1 is 1.00 bits per heavy atom. The number of carboxylic acid groups (broad SMARTS) is 1. The molecule has 3 rings (SSSR count). The molecule has 1 fully saturated rings. The van der Waals surface area contributed by atoms with Crippen molar-refractivity contribution in [2.45, 2.75) is 32.3 Å². The van der Waals surface area contributed by atoms with E-state index in [1.807, 2.05) is 12.1 Å². The molecule has 142 valence electrons. The van der Waals surface area contributed by atoms with E-state index >= 15 is 0 Å². The topological polar surface area (TPSA) is 77.8 Å². The number of aliphatic hydroxyl groups excluding tert-OH is 1. The van der Waals surface area contributed by atoms with Crippen LogP contribution in [0.25, 0.3) is 11.1 Å². The maximum atomic E-state index is 12.7. The number of hydrogen-bond acceptors (Lipinski definition) is 3. The van der Waals surface area contributed by atoms with E-state index in [4.69, 9.17) is 5.11 Å². The van der Waals surface area contributed by atoms with Crippen molar-refractivity contribution in [3.8, 4) is 11.1 Å². The molecule has 5 nitrogen and oxygen atoms in total. The molecule has 27 heavy (non-hydrogen) atoms. The number of likely N-dealkylation sites (tertiary alicyclic amines) is 1. The van der Waals surface area contributed by atoms with Gasteiger partial charge in [0.05, 0.1) is 12.5 Å². The standard InChI is InChI=1S/C22H25NO4/c1-2-3-15-4-6-16(7-5-15)17-8-10-18(11-9-17)22(27)23-13-19(12-21(25)26)20(24)14-23/h4-11,19-20,24H,2-3,12-14H2,1H3,(H,25,26)/t19-,20-/m1/s1. The number of β-amino-alcohol motifs (C(OH)–C–C–N with tert-alkyl or cyclic N) is 1. The molecule has 0 aromatic heterocycles. The number of aliphatic carboxylic acids is 1. The predicted molar refractivity (Wildman–Crippen MR) is 104 cm³/mol. The highest BCUT2D eigenvalue weighted by Gasteiger charge is 2.35. The van der Waals surface area contributed by atoms with Crippen molar-refractivity contribution in [3.63, 3.8) is 0 Å². The van der Waals surface area contributed by atoms with Crippen LogP contribution in [0.15, 0.2) is 48.5 Å². The fraction of sp³-hybridized carbons (Fsp3) is 0.364. The first-order valence-corrected chi connectivity index (χ1v) is 9.36. The number of carbonyl (C=O) groups excluding carboxylic acids is 1. The van der Waals surface area contributed by atoms with Gasteiger partial charge >= 0.3 is 5.97 Å². The number of carbonyl (C=O) groups is 2. The first-order valence-electron chi connectivity index (χ1n) is 9.36. The minimum atomic E-state index is -0.956. The van der Waals surface area contributed by atoms with Gasteiger partial charge in [0, 0.05) is 24.6 Å². The van der Waals surface area contributed by atoms with Crippen molar-refractivity contribution in [2.75, 3.05) is 13.1 Å². The summed E-state index contributed by atoms with van der Waals surface area (Å²) in [4.78, 5) is 25.1. The Labute approximate surface area is 159 Å². The molecule has 1 aliphatic heterocycles. The van der Waals surface area contributed by atoms with Crippen molar-refractivity contribution in [1.29, 1.82) is 0 Å². The van der Waals surface area contributed by atoms with Crippen LogP contribution in [0.3, 0.4) is 0 Å². The summed E-state index contributed by atoms with van der Waals surface area (Å²) >= 11 is 0. The van der Waals surface area contributed by atoms with Gasteiger partial charge in [-0.25, -0.2) is 0 Å². The van der Waals surface area contributed by atoms with Crippen molar-refractivity contribution in [2.24, 2.45) is 5.92 Å². The van der Waals surface area contributed by atoms with Crippen molar-refractivity contribution >= 4 is 11.9 Å². The molecule has 0 saturated carbocycles. The molecule has 0 aliphatic carbocycles. The zero-order chi connectivity index (χ0) is 19.4. The fourth-order valence-electron chi connectivity index (χ4n) is 3.59. The molecule has 2 N–H and O–H groups in total. The molecule has 1 amide bonds. The molecular weight excluding hydrogens is 342 g/mol. The summed E-state index contributed by atoms with van der Waals surface area (Å²) < 4.78 is 0. The minimum Gasteiger partial charge on any atom is -0.481 e. The van der Waals surface area contributed by atoms with Crippen LogP contribution in [0, 0.1) is 5.92 Å². The average Bonchev–Trinajstić information content (AvgIpc) is 3.02. The molecule has 0 spiro atoms. The molecule has 2 aromatic carbocycles. The van der Waals surface area contributed by atoms with Crippen LogP contribution in [0.2, 0.25) is 0 Å². The Balaban J connectivity index is 1.68. The number of aryl methyl sites for hydroxylation is 1. The van der Waals surface area contributed by atoms with Crippen molar-refractivity contribution < 1.29 is 19.8 Å². The zero-order valence-electron chi connectivity index (χ0n) is 15.5. The highest BCUT2D eigenvalue weighted by molar-refractivity contribution is 5.95. The van der Waals surface area contributed by atoms with Gasteiger partial charge in [-0.3, -0.25) is 9.59 Å². The van der Waals surface area contributed by atoms with Gasteiger partial charge in [-0.2, -0.15) is 0 Å². The maximum absolute atomic E-state index is 12.7. The van der Waals surface area contributed by atoms with Crippen LogP contribution < -0.4 is 0 Å². The van der Waals surface area contributed by atoms with Crippen LogP contribution in [0.5, 0.6) is 0 Å². The van der Waals surface area contributed by atoms with E-state index in [2.05, 4.69) is 31.2 Å².